The minimum absolute atomic E-state index is 0.426. The second kappa shape index (κ2) is 6.52. The lowest BCUT2D eigenvalue weighted by molar-refractivity contribution is 0.381. The van der Waals surface area contributed by atoms with Gasteiger partial charge in [-0.05, 0) is 25.0 Å². The van der Waals surface area contributed by atoms with Gasteiger partial charge in [0.1, 0.15) is 5.82 Å². The van der Waals surface area contributed by atoms with Crippen LogP contribution in [0.2, 0.25) is 0 Å². The summed E-state index contributed by atoms with van der Waals surface area (Å²) in [7, 11) is -1.53. The van der Waals surface area contributed by atoms with Crippen molar-refractivity contribution in [1.82, 2.24) is 19.1 Å². The van der Waals surface area contributed by atoms with Gasteiger partial charge in [0, 0.05) is 33.2 Å². The molecule has 0 N–H and O–H groups in total. The highest BCUT2D eigenvalue weighted by Crippen LogP contribution is 2.23. The maximum absolute atomic E-state index is 13.0. The van der Waals surface area contributed by atoms with Gasteiger partial charge in [-0.15, -0.1) is 10.2 Å². The first-order valence-corrected chi connectivity index (χ1v) is 9.58. The summed E-state index contributed by atoms with van der Waals surface area (Å²) in [6.07, 6.45) is 0.702. The number of benzene rings is 1. The largest absolute Gasteiger partial charge is 0.338 e. The van der Waals surface area contributed by atoms with Crippen molar-refractivity contribution in [2.75, 3.05) is 31.1 Å². The van der Waals surface area contributed by atoms with Crippen LogP contribution >= 0.6 is 0 Å². The second-order valence-corrected chi connectivity index (χ2v) is 7.86. The number of hydrogen-bond donors (Lipinski definition) is 0. The molecule has 2 aromatic rings. The quantitative estimate of drug-likeness (QED) is 0.829. The van der Waals surface area contributed by atoms with E-state index in [1.165, 1.54) is 0 Å². The first-order valence-electron chi connectivity index (χ1n) is 8.14. The summed E-state index contributed by atoms with van der Waals surface area (Å²) < 4.78 is 29.4. The molecule has 1 aromatic heterocycles. The van der Waals surface area contributed by atoms with Crippen LogP contribution in [0.15, 0.2) is 29.2 Å². The zero-order chi connectivity index (χ0) is 17.3. The Morgan fingerprint density at radius 3 is 2.33 bits per heavy atom. The number of piperazine rings is 1. The maximum atomic E-state index is 13.0. The SMILES string of the molecule is CCc1ccccc1S(=O)(=O)N1CCN(c2nnc(C)n2C)CC1. The van der Waals surface area contributed by atoms with Crippen LogP contribution in [0, 0.1) is 6.92 Å². The van der Waals surface area contributed by atoms with Gasteiger partial charge in [-0.25, -0.2) is 8.42 Å². The van der Waals surface area contributed by atoms with E-state index in [1.807, 2.05) is 37.6 Å². The van der Waals surface area contributed by atoms with Crippen molar-refractivity contribution in [3.63, 3.8) is 0 Å². The van der Waals surface area contributed by atoms with Crippen LogP contribution in [0.4, 0.5) is 5.95 Å². The molecule has 0 spiro atoms. The smallest absolute Gasteiger partial charge is 0.243 e. The van der Waals surface area contributed by atoms with Crippen molar-refractivity contribution in [1.29, 1.82) is 0 Å². The van der Waals surface area contributed by atoms with Crippen LogP contribution in [0.1, 0.15) is 18.3 Å². The topological polar surface area (TPSA) is 71.3 Å². The summed E-state index contributed by atoms with van der Waals surface area (Å²) in [5, 5.41) is 8.25. The van der Waals surface area contributed by atoms with Crippen LogP contribution in [-0.2, 0) is 23.5 Å². The fraction of sp³-hybridized carbons (Fsp3) is 0.500. The molecule has 0 unspecified atom stereocenters. The molecule has 0 saturated carbocycles. The molecule has 1 aliphatic heterocycles. The van der Waals surface area contributed by atoms with Gasteiger partial charge >= 0.3 is 0 Å². The number of sulfonamides is 1. The van der Waals surface area contributed by atoms with Crippen molar-refractivity contribution in [3.8, 4) is 0 Å². The molecule has 24 heavy (non-hydrogen) atoms. The summed E-state index contributed by atoms with van der Waals surface area (Å²) in [6, 6.07) is 7.24. The fourth-order valence-corrected chi connectivity index (χ4v) is 4.70. The van der Waals surface area contributed by atoms with E-state index in [4.69, 9.17) is 0 Å². The molecule has 3 rings (SSSR count). The summed E-state index contributed by atoms with van der Waals surface area (Å²) >= 11 is 0. The molecule has 0 amide bonds. The molecule has 7 nitrogen and oxygen atoms in total. The predicted molar refractivity (Wildman–Crippen MR) is 92.5 cm³/mol. The van der Waals surface area contributed by atoms with E-state index in [9.17, 15) is 8.42 Å². The van der Waals surface area contributed by atoms with E-state index < -0.39 is 10.0 Å². The van der Waals surface area contributed by atoms with Gasteiger partial charge in [-0.1, -0.05) is 25.1 Å². The lowest BCUT2D eigenvalue weighted by atomic mass is 10.2. The van der Waals surface area contributed by atoms with Crippen LogP contribution in [0.5, 0.6) is 0 Å². The first-order chi connectivity index (χ1) is 11.4. The van der Waals surface area contributed by atoms with Crippen molar-refractivity contribution < 1.29 is 8.42 Å². The molecule has 130 valence electrons. The van der Waals surface area contributed by atoms with Gasteiger partial charge < -0.3 is 9.47 Å². The Hall–Kier alpha value is -1.93. The molecule has 1 fully saturated rings. The van der Waals surface area contributed by atoms with Gasteiger partial charge in [0.25, 0.3) is 0 Å². The Bertz CT molecular complexity index is 823. The van der Waals surface area contributed by atoms with Gasteiger partial charge in [0.05, 0.1) is 4.90 Å². The summed E-state index contributed by atoms with van der Waals surface area (Å²) in [6.45, 7) is 6.00. The molecule has 1 saturated heterocycles. The van der Waals surface area contributed by atoms with Crippen molar-refractivity contribution >= 4 is 16.0 Å². The number of aryl methyl sites for hydroxylation is 2. The number of aromatic nitrogens is 3. The number of rotatable bonds is 4. The molecule has 1 aliphatic rings. The number of hydrogen-bond acceptors (Lipinski definition) is 5. The fourth-order valence-electron chi connectivity index (χ4n) is 2.99. The second-order valence-electron chi connectivity index (χ2n) is 5.96. The van der Waals surface area contributed by atoms with Crippen molar-refractivity contribution in [3.05, 3.63) is 35.7 Å². The third-order valence-corrected chi connectivity index (χ3v) is 6.56. The Balaban J connectivity index is 1.77. The molecule has 2 heterocycles. The summed E-state index contributed by atoms with van der Waals surface area (Å²) in [4.78, 5) is 2.51. The standard InChI is InChI=1S/C16H23N5O2S/c1-4-14-7-5-6-8-15(14)24(22,23)21-11-9-20(10-12-21)16-18-17-13(2)19(16)3/h5-8H,4,9-12H2,1-3H3. The molecule has 1 aromatic carbocycles. The average Bonchev–Trinajstić information content (AvgIpc) is 2.94. The minimum Gasteiger partial charge on any atom is -0.338 e. The van der Waals surface area contributed by atoms with E-state index >= 15 is 0 Å². The minimum atomic E-state index is -3.45. The highest BCUT2D eigenvalue weighted by Gasteiger charge is 2.31. The van der Waals surface area contributed by atoms with Gasteiger partial charge in [-0.3, -0.25) is 0 Å². The molecular formula is C16H23N5O2S. The van der Waals surface area contributed by atoms with Gasteiger partial charge in [0.2, 0.25) is 16.0 Å². The Morgan fingerprint density at radius 2 is 1.75 bits per heavy atom. The van der Waals surface area contributed by atoms with Crippen LogP contribution < -0.4 is 4.90 Å². The third-order valence-electron chi connectivity index (χ3n) is 4.56. The summed E-state index contributed by atoms with van der Waals surface area (Å²) in [5.41, 5.74) is 0.865. The van der Waals surface area contributed by atoms with Crippen LogP contribution in [-0.4, -0.2) is 53.7 Å². The molecule has 0 radical (unpaired) electrons. The van der Waals surface area contributed by atoms with Crippen molar-refractivity contribution in [2.45, 2.75) is 25.2 Å². The molecule has 0 aliphatic carbocycles. The van der Waals surface area contributed by atoms with Gasteiger partial charge in [-0.2, -0.15) is 4.31 Å². The number of anilines is 1. The van der Waals surface area contributed by atoms with Crippen molar-refractivity contribution in [2.24, 2.45) is 7.05 Å². The molecule has 8 heteroatoms. The van der Waals surface area contributed by atoms with E-state index in [2.05, 4.69) is 15.1 Å². The Labute approximate surface area is 143 Å². The number of nitrogens with zero attached hydrogens (tertiary/aromatic N) is 5. The van der Waals surface area contributed by atoms with E-state index in [0.29, 0.717) is 37.5 Å². The zero-order valence-electron chi connectivity index (χ0n) is 14.3. The molecular weight excluding hydrogens is 326 g/mol. The highest BCUT2D eigenvalue weighted by atomic mass is 32.2. The lowest BCUT2D eigenvalue weighted by Crippen LogP contribution is -2.49. The van der Waals surface area contributed by atoms with E-state index in [1.54, 1.807) is 16.4 Å². The van der Waals surface area contributed by atoms with Crippen LogP contribution in [0.3, 0.4) is 0 Å². The Morgan fingerprint density at radius 1 is 1.08 bits per heavy atom. The average molecular weight is 349 g/mol. The van der Waals surface area contributed by atoms with E-state index in [-0.39, 0.29) is 0 Å². The highest BCUT2D eigenvalue weighted by molar-refractivity contribution is 7.89. The van der Waals surface area contributed by atoms with E-state index in [0.717, 1.165) is 17.3 Å². The van der Waals surface area contributed by atoms with Crippen LogP contribution in [0.25, 0.3) is 0 Å². The molecule has 0 bridgehead atoms. The predicted octanol–water partition coefficient (Wildman–Crippen LogP) is 1.20. The monoisotopic (exact) mass is 349 g/mol. The van der Waals surface area contributed by atoms with Gasteiger partial charge in [0.15, 0.2) is 0 Å². The zero-order valence-corrected chi connectivity index (χ0v) is 15.1. The summed E-state index contributed by atoms with van der Waals surface area (Å²) in [5.74, 6) is 1.63. The maximum Gasteiger partial charge on any atom is 0.243 e. The Kier molecular flexibility index (Phi) is 4.60. The first kappa shape index (κ1) is 16.9. The third kappa shape index (κ3) is 2.91. The molecule has 0 atom stereocenters. The lowest BCUT2D eigenvalue weighted by Gasteiger charge is -2.34. The normalized spacial score (nSPS) is 16.5.